The lowest BCUT2D eigenvalue weighted by atomic mass is 10.1. The zero-order chi connectivity index (χ0) is 11.5. The molecule has 0 radical (unpaired) electrons. The van der Waals surface area contributed by atoms with E-state index in [1.54, 1.807) is 0 Å². The number of hydrogen-bond acceptors (Lipinski definition) is 4. The second-order valence-corrected chi connectivity index (χ2v) is 4.02. The number of nitrogens with two attached hydrogens (primary N) is 1. The summed E-state index contributed by atoms with van der Waals surface area (Å²) in [5.74, 6) is 0.0857. The van der Waals surface area contributed by atoms with Gasteiger partial charge in [-0.1, -0.05) is 23.4 Å². The van der Waals surface area contributed by atoms with Crippen LogP contribution in [-0.4, -0.2) is 22.3 Å². The Kier molecular flexibility index (Phi) is 2.96. The average molecular weight is 233 g/mol. The van der Waals surface area contributed by atoms with E-state index in [4.69, 9.17) is 10.9 Å². The Labute approximate surface area is 97.2 Å². The van der Waals surface area contributed by atoms with Crippen molar-refractivity contribution in [3.63, 3.8) is 0 Å². The summed E-state index contributed by atoms with van der Waals surface area (Å²) < 4.78 is 0. The van der Waals surface area contributed by atoms with Crippen LogP contribution in [0.4, 0.5) is 0 Å². The van der Waals surface area contributed by atoms with Crippen LogP contribution in [0.25, 0.3) is 10.9 Å². The molecule has 1 aromatic heterocycles. The van der Waals surface area contributed by atoms with Crippen LogP contribution in [0, 0.1) is 0 Å². The molecule has 2 rings (SSSR count). The van der Waals surface area contributed by atoms with Crippen LogP contribution < -0.4 is 5.73 Å². The van der Waals surface area contributed by atoms with Crippen molar-refractivity contribution >= 4 is 28.5 Å². The zero-order valence-electron chi connectivity index (χ0n) is 8.71. The topological polar surface area (TPSA) is 71.5 Å². The quantitative estimate of drug-likeness (QED) is 0.274. The second-order valence-electron chi connectivity index (χ2n) is 3.22. The number of nitrogens with zero attached hydrogens (tertiary/aromatic N) is 2. The Bertz CT molecular complexity index is 554. The summed E-state index contributed by atoms with van der Waals surface area (Å²) in [5, 5.41) is 13.5. The summed E-state index contributed by atoms with van der Waals surface area (Å²) in [6.07, 6.45) is 1.91. The van der Waals surface area contributed by atoms with Crippen molar-refractivity contribution in [2.45, 2.75) is 5.03 Å². The van der Waals surface area contributed by atoms with Crippen molar-refractivity contribution in [3.05, 3.63) is 35.9 Å². The van der Waals surface area contributed by atoms with Gasteiger partial charge in [-0.2, -0.15) is 0 Å². The minimum Gasteiger partial charge on any atom is -0.409 e. The minimum atomic E-state index is 0.0857. The maximum Gasteiger partial charge on any atom is 0.172 e. The van der Waals surface area contributed by atoms with E-state index < -0.39 is 0 Å². The third kappa shape index (κ3) is 1.81. The van der Waals surface area contributed by atoms with Crippen LogP contribution in [-0.2, 0) is 0 Å². The Balaban J connectivity index is 2.72. The van der Waals surface area contributed by atoms with E-state index >= 15 is 0 Å². The summed E-state index contributed by atoms with van der Waals surface area (Å²) in [6, 6.07) is 9.62. The van der Waals surface area contributed by atoms with E-state index in [-0.39, 0.29) is 5.84 Å². The van der Waals surface area contributed by atoms with Gasteiger partial charge in [0.25, 0.3) is 0 Å². The molecule has 1 aromatic carbocycles. The molecule has 0 aliphatic rings. The number of thioether (sulfide) groups is 1. The van der Waals surface area contributed by atoms with Crippen LogP contribution in [0.15, 0.2) is 40.5 Å². The minimum absolute atomic E-state index is 0.0857. The molecule has 0 aliphatic heterocycles. The molecule has 16 heavy (non-hydrogen) atoms. The number of hydrogen-bond donors (Lipinski definition) is 2. The average Bonchev–Trinajstić information content (AvgIpc) is 2.36. The number of rotatable bonds is 2. The summed E-state index contributed by atoms with van der Waals surface area (Å²) in [6.45, 7) is 0. The summed E-state index contributed by atoms with van der Waals surface area (Å²) in [7, 11) is 0. The van der Waals surface area contributed by atoms with Crippen molar-refractivity contribution in [2.75, 3.05) is 6.26 Å². The van der Waals surface area contributed by atoms with Gasteiger partial charge in [0.1, 0.15) is 5.03 Å². The van der Waals surface area contributed by atoms with E-state index in [2.05, 4.69) is 10.1 Å². The van der Waals surface area contributed by atoms with Crippen molar-refractivity contribution in [2.24, 2.45) is 10.9 Å². The number of pyridine rings is 1. The van der Waals surface area contributed by atoms with Crippen LogP contribution in [0.2, 0.25) is 0 Å². The van der Waals surface area contributed by atoms with Gasteiger partial charge >= 0.3 is 0 Å². The van der Waals surface area contributed by atoms with Gasteiger partial charge in [-0.3, -0.25) is 0 Å². The fraction of sp³-hybridized carbons (Fsp3) is 0.0909. The van der Waals surface area contributed by atoms with Crippen molar-refractivity contribution in [1.82, 2.24) is 4.98 Å². The Morgan fingerprint density at radius 1 is 1.44 bits per heavy atom. The molecule has 0 fully saturated rings. The van der Waals surface area contributed by atoms with Crippen LogP contribution >= 0.6 is 11.8 Å². The lowest BCUT2D eigenvalue weighted by molar-refractivity contribution is 0.318. The molecule has 2 aromatic rings. The van der Waals surface area contributed by atoms with Gasteiger partial charge in [-0.25, -0.2) is 4.98 Å². The van der Waals surface area contributed by atoms with E-state index in [0.717, 1.165) is 15.9 Å². The largest absolute Gasteiger partial charge is 0.409 e. The van der Waals surface area contributed by atoms with E-state index in [9.17, 15) is 0 Å². The molecule has 0 amide bonds. The molecule has 0 aliphatic carbocycles. The highest BCUT2D eigenvalue weighted by Crippen LogP contribution is 2.22. The van der Waals surface area contributed by atoms with Crippen molar-refractivity contribution in [1.29, 1.82) is 0 Å². The molecule has 5 heteroatoms. The third-order valence-corrected chi connectivity index (χ3v) is 2.96. The molecule has 0 saturated carbocycles. The molecule has 3 N–H and O–H groups in total. The predicted octanol–water partition coefficient (Wildman–Crippen LogP) is 2.05. The molecule has 0 unspecified atom stereocenters. The highest BCUT2D eigenvalue weighted by Gasteiger charge is 2.09. The summed E-state index contributed by atoms with van der Waals surface area (Å²) in [4.78, 5) is 4.45. The number of benzene rings is 1. The fourth-order valence-corrected chi connectivity index (χ4v) is 2.06. The first kappa shape index (κ1) is 10.8. The monoisotopic (exact) mass is 233 g/mol. The summed E-state index contributed by atoms with van der Waals surface area (Å²) in [5.41, 5.74) is 7.17. The first-order chi connectivity index (χ1) is 7.76. The summed E-state index contributed by atoms with van der Waals surface area (Å²) >= 11 is 1.47. The SMILES string of the molecule is CSc1nc2ccccc2cc1C(N)=NO. The van der Waals surface area contributed by atoms with Gasteiger partial charge in [0.05, 0.1) is 11.1 Å². The first-order valence-corrected chi connectivity index (χ1v) is 5.90. The van der Waals surface area contributed by atoms with Crippen molar-refractivity contribution in [3.8, 4) is 0 Å². The number of oxime groups is 1. The standard InChI is InChI=1S/C11H11N3OS/c1-16-11-8(10(12)14-15)6-7-4-2-3-5-9(7)13-11/h2-6,15H,1H3,(H2,12,14). The Morgan fingerprint density at radius 3 is 2.88 bits per heavy atom. The molecule has 1 heterocycles. The van der Waals surface area contributed by atoms with Crippen LogP contribution in [0.1, 0.15) is 5.56 Å². The van der Waals surface area contributed by atoms with E-state index in [0.29, 0.717) is 5.56 Å². The normalized spacial score (nSPS) is 11.9. The zero-order valence-corrected chi connectivity index (χ0v) is 9.53. The lowest BCUT2D eigenvalue weighted by Crippen LogP contribution is -2.15. The van der Waals surface area contributed by atoms with Gasteiger partial charge in [-0.15, -0.1) is 11.8 Å². The molecular formula is C11H11N3OS. The number of para-hydroxylation sites is 1. The Hall–Kier alpha value is -1.75. The number of amidine groups is 1. The second kappa shape index (κ2) is 4.40. The maximum atomic E-state index is 8.71. The lowest BCUT2D eigenvalue weighted by Gasteiger charge is -2.06. The molecule has 0 bridgehead atoms. The smallest absolute Gasteiger partial charge is 0.172 e. The first-order valence-electron chi connectivity index (χ1n) is 4.68. The van der Waals surface area contributed by atoms with Gasteiger partial charge in [0, 0.05) is 5.39 Å². The van der Waals surface area contributed by atoms with E-state index in [1.807, 2.05) is 36.6 Å². The Morgan fingerprint density at radius 2 is 2.19 bits per heavy atom. The number of aromatic nitrogens is 1. The van der Waals surface area contributed by atoms with Crippen LogP contribution in [0.3, 0.4) is 0 Å². The van der Waals surface area contributed by atoms with Gasteiger partial charge in [-0.05, 0) is 18.4 Å². The van der Waals surface area contributed by atoms with Crippen molar-refractivity contribution < 1.29 is 5.21 Å². The molecular weight excluding hydrogens is 222 g/mol. The fourth-order valence-electron chi connectivity index (χ4n) is 1.49. The number of fused-ring (bicyclic) bond motifs is 1. The van der Waals surface area contributed by atoms with E-state index in [1.165, 1.54) is 11.8 Å². The molecule has 0 atom stereocenters. The molecule has 0 saturated heterocycles. The highest BCUT2D eigenvalue weighted by atomic mass is 32.2. The van der Waals surface area contributed by atoms with Crippen LogP contribution in [0.5, 0.6) is 0 Å². The maximum absolute atomic E-state index is 8.71. The van der Waals surface area contributed by atoms with Gasteiger partial charge in [0.15, 0.2) is 5.84 Å². The third-order valence-electron chi connectivity index (χ3n) is 2.27. The molecule has 82 valence electrons. The molecule has 0 spiro atoms. The molecule has 4 nitrogen and oxygen atoms in total. The highest BCUT2D eigenvalue weighted by molar-refractivity contribution is 7.98. The predicted molar refractivity (Wildman–Crippen MR) is 66.0 cm³/mol. The van der Waals surface area contributed by atoms with Gasteiger partial charge < -0.3 is 10.9 Å². The van der Waals surface area contributed by atoms with Gasteiger partial charge in [0.2, 0.25) is 0 Å².